The van der Waals surface area contributed by atoms with Gasteiger partial charge >= 0.3 is 6.09 Å². The van der Waals surface area contributed by atoms with Crippen LogP contribution in [0.3, 0.4) is 0 Å². The predicted octanol–water partition coefficient (Wildman–Crippen LogP) is 1.42. The van der Waals surface area contributed by atoms with Crippen LogP contribution in [-0.2, 0) is 16.1 Å². The number of carbonyl (C=O) groups excluding carboxylic acids is 1. The van der Waals surface area contributed by atoms with E-state index in [4.69, 9.17) is 9.47 Å². The Kier molecular flexibility index (Phi) is 5.23. The molecule has 5 nitrogen and oxygen atoms in total. The molecule has 2 saturated heterocycles. The molecule has 1 amide bonds. The Morgan fingerprint density at radius 1 is 1.35 bits per heavy atom. The minimum absolute atomic E-state index is 0. The number of morpholine rings is 1. The van der Waals surface area contributed by atoms with Crippen LogP contribution in [0.25, 0.3) is 0 Å². The van der Waals surface area contributed by atoms with E-state index < -0.39 is 0 Å². The Balaban J connectivity index is 0.00000147. The minimum atomic E-state index is -0.245. The summed E-state index contributed by atoms with van der Waals surface area (Å²) in [6.07, 6.45) is -0.135. The van der Waals surface area contributed by atoms with Gasteiger partial charge in [0.15, 0.2) is 0 Å². The molecule has 0 radical (unpaired) electrons. The highest BCUT2D eigenvalue weighted by atomic mass is 35.5. The van der Waals surface area contributed by atoms with E-state index >= 15 is 0 Å². The summed E-state index contributed by atoms with van der Waals surface area (Å²) in [6, 6.07) is 9.84. The highest BCUT2D eigenvalue weighted by Gasteiger charge is 2.39. The standard InChI is InChI=1S/C14H18N2O3.ClH/c17-14(19-10-11-4-2-1-3-5-11)16-6-7-18-13-9-15-8-12(13)16;/h1-5,12-13,15H,6-10H2;1H/t12-,13+;/m1./s1. The van der Waals surface area contributed by atoms with Crippen molar-refractivity contribution in [1.82, 2.24) is 10.2 Å². The van der Waals surface area contributed by atoms with Crippen molar-refractivity contribution >= 4 is 18.5 Å². The zero-order chi connectivity index (χ0) is 13.1. The first-order chi connectivity index (χ1) is 9.34. The van der Waals surface area contributed by atoms with Crippen molar-refractivity contribution in [2.45, 2.75) is 18.8 Å². The molecule has 2 heterocycles. The molecule has 6 heteroatoms. The fraction of sp³-hybridized carbons (Fsp3) is 0.500. The Labute approximate surface area is 124 Å². The lowest BCUT2D eigenvalue weighted by atomic mass is 10.1. The summed E-state index contributed by atoms with van der Waals surface area (Å²) in [7, 11) is 0. The number of amides is 1. The van der Waals surface area contributed by atoms with Gasteiger partial charge in [-0.3, -0.25) is 4.90 Å². The van der Waals surface area contributed by atoms with E-state index in [9.17, 15) is 4.79 Å². The van der Waals surface area contributed by atoms with Gasteiger partial charge in [0.05, 0.1) is 18.8 Å². The maximum Gasteiger partial charge on any atom is 0.410 e. The molecule has 20 heavy (non-hydrogen) atoms. The van der Waals surface area contributed by atoms with Crippen LogP contribution in [0.4, 0.5) is 4.79 Å². The van der Waals surface area contributed by atoms with Gasteiger partial charge in [-0.1, -0.05) is 30.3 Å². The Morgan fingerprint density at radius 3 is 2.95 bits per heavy atom. The molecule has 1 N–H and O–H groups in total. The molecular weight excluding hydrogens is 280 g/mol. The third-order valence-corrected chi connectivity index (χ3v) is 3.63. The van der Waals surface area contributed by atoms with Crippen molar-refractivity contribution in [3.05, 3.63) is 35.9 Å². The predicted molar refractivity (Wildman–Crippen MR) is 77.0 cm³/mol. The summed E-state index contributed by atoms with van der Waals surface area (Å²) >= 11 is 0. The van der Waals surface area contributed by atoms with Crippen LogP contribution in [-0.4, -0.2) is 49.4 Å². The molecule has 110 valence electrons. The largest absolute Gasteiger partial charge is 0.445 e. The number of nitrogens with one attached hydrogen (secondary N) is 1. The first kappa shape index (κ1) is 15.1. The number of hydrogen-bond donors (Lipinski definition) is 1. The molecule has 0 bridgehead atoms. The molecule has 0 aliphatic carbocycles. The monoisotopic (exact) mass is 298 g/mol. The molecule has 2 fully saturated rings. The van der Waals surface area contributed by atoms with Gasteiger partial charge in [-0.25, -0.2) is 4.79 Å². The molecule has 0 saturated carbocycles. The second-order valence-corrected chi connectivity index (χ2v) is 4.87. The van der Waals surface area contributed by atoms with Crippen molar-refractivity contribution in [1.29, 1.82) is 0 Å². The zero-order valence-corrected chi connectivity index (χ0v) is 12.0. The van der Waals surface area contributed by atoms with Crippen molar-refractivity contribution < 1.29 is 14.3 Å². The van der Waals surface area contributed by atoms with Gasteiger partial charge in [0.2, 0.25) is 0 Å². The van der Waals surface area contributed by atoms with E-state index in [1.54, 1.807) is 4.90 Å². The number of benzene rings is 1. The normalized spacial score (nSPS) is 24.7. The number of halogens is 1. The van der Waals surface area contributed by atoms with E-state index in [0.717, 1.165) is 18.7 Å². The van der Waals surface area contributed by atoms with Crippen molar-refractivity contribution in [3.8, 4) is 0 Å². The minimum Gasteiger partial charge on any atom is -0.445 e. The average molecular weight is 299 g/mol. The summed E-state index contributed by atoms with van der Waals surface area (Å²) in [5.74, 6) is 0. The third-order valence-electron chi connectivity index (χ3n) is 3.63. The highest BCUT2D eigenvalue weighted by molar-refractivity contribution is 5.85. The highest BCUT2D eigenvalue weighted by Crippen LogP contribution is 2.18. The van der Waals surface area contributed by atoms with Crippen LogP contribution >= 0.6 is 12.4 Å². The second-order valence-electron chi connectivity index (χ2n) is 4.87. The number of fused-ring (bicyclic) bond motifs is 1. The van der Waals surface area contributed by atoms with Gasteiger partial charge in [0.25, 0.3) is 0 Å². The molecule has 2 atom stereocenters. The molecule has 0 unspecified atom stereocenters. The Morgan fingerprint density at radius 2 is 2.15 bits per heavy atom. The first-order valence-electron chi connectivity index (χ1n) is 6.64. The lowest BCUT2D eigenvalue weighted by Crippen LogP contribution is -2.53. The summed E-state index contributed by atoms with van der Waals surface area (Å²) in [6.45, 7) is 3.11. The van der Waals surface area contributed by atoms with E-state index in [0.29, 0.717) is 19.8 Å². The fourth-order valence-electron chi connectivity index (χ4n) is 2.62. The molecule has 2 aliphatic rings. The molecule has 1 aromatic rings. The summed E-state index contributed by atoms with van der Waals surface area (Å²) in [4.78, 5) is 13.9. The number of hydrogen-bond acceptors (Lipinski definition) is 4. The maximum atomic E-state index is 12.1. The molecule has 0 spiro atoms. The number of carbonyl (C=O) groups is 1. The molecular formula is C14H19ClN2O3. The zero-order valence-electron chi connectivity index (χ0n) is 11.2. The average Bonchev–Trinajstić information content (AvgIpc) is 2.94. The number of nitrogens with zero attached hydrogens (tertiary/aromatic N) is 1. The maximum absolute atomic E-state index is 12.1. The topological polar surface area (TPSA) is 50.8 Å². The van der Waals surface area contributed by atoms with E-state index in [1.165, 1.54) is 0 Å². The smallest absolute Gasteiger partial charge is 0.410 e. The van der Waals surface area contributed by atoms with Crippen LogP contribution in [0.5, 0.6) is 0 Å². The number of rotatable bonds is 2. The van der Waals surface area contributed by atoms with Gasteiger partial charge in [0.1, 0.15) is 6.61 Å². The fourth-order valence-corrected chi connectivity index (χ4v) is 2.62. The molecule has 1 aromatic carbocycles. The van der Waals surface area contributed by atoms with Crippen LogP contribution in [0.15, 0.2) is 30.3 Å². The SMILES string of the molecule is Cl.O=C(OCc1ccccc1)N1CCO[C@H]2CNC[C@H]21. The van der Waals surface area contributed by atoms with Crippen LogP contribution in [0.1, 0.15) is 5.56 Å². The van der Waals surface area contributed by atoms with Crippen LogP contribution < -0.4 is 5.32 Å². The van der Waals surface area contributed by atoms with Gasteiger partial charge in [-0.2, -0.15) is 0 Å². The first-order valence-corrected chi connectivity index (χ1v) is 6.64. The van der Waals surface area contributed by atoms with E-state index in [-0.39, 0.29) is 30.6 Å². The Hall–Kier alpha value is -1.30. The third kappa shape index (κ3) is 3.23. The molecule has 2 aliphatic heterocycles. The van der Waals surface area contributed by atoms with Gasteiger partial charge in [-0.15, -0.1) is 12.4 Å². The van der Waals surface area contributed by atoms with E-state index in [1.807, 2.05) is 30.3 Å². The lowest BCUT2D eigenvalue weighted by molar-refractivity contribution is -0.0441. The van der Waals surface area contributed by atoms with E-state index in [2.05, 4.69) is 5.32 Å². The Bertz CT molecular complexity index is 443. The van der Waals surface area contributed by atoms with Crippen molar-refractivity contribution in [2.75, 3.05) is 26.2 Å². The molecule has 0 aromatic heterocycles. The summed E-state index contributed by atoms with van der Waals surface area (Å²) < 4.78 is 11.0. The van der Waals surface area contributed by atoms with Crippen molar-refractivity contribution in [2.24, 2.45) is 0 Å². The second kappa shape index (κ2) is 6.92. The summed E-state index contributed by atoms with van der Waals surface area (Å²) in [5, 5.41) is 3.25. The number of ether oxygens (including phenoxy) is 2. The summed E-state index contributed by atoms with van der Waals surface area (Å²) in [5.41, 5.74) is 1.00. The van der Waals surface area contributed by atoms with Gasteiger partial charge < -0.3 is 14.8 Å². The van der Waals surface area contributed by atoms with Crippen LogP contribution in [0, 0.1) is 0 Å². The van der Waals surface area contributed by atoms with Gasteiger partial charge in [0, 0.05) is 19.6 Å². The quantitative estimate of drug-likeness (QED) is 0.897. The molecule has 3 rings (SSSR count). The lowest BCUT2D eigenvalue weighted by Gasteiger charge is -2.36. The van der Waals surface area contributed by atoms with Crippen molar-refractivity contribution in [3.63, 3.8) is 0 Å². The van der Waals surface area contributed by atoms with Gasteiger partial charge in [-0.05, 0) is 5.56 Å². The van der Waals surface area contributed by atoms with Crippen LogP contribution in [0.2, 0.25) is 0 Å².